The second kappa shape index (κ2) is 2.46. The molecule has 15 heavy (non-hydrogen) atoms. The van der Waals surface area contributed by atoms with E-state index in [-0.39, 0.29) is 12.0 Å². The number of aromatic nitrogens is 2. The Kier molecular flexibility index (Phi) is 1.47. The molecule has 3 nitrogen and oxygen atoms in total. The summed E-state index contributed by atoms with van der Waals surface area (Å²) in [4.78, 5) is 11.4. The predicted octanol–water partition coefficient (Wildman–Crippen LogP) is 1.06. The molecular weight excluding hydrogens is 202 g/mol. The van der Waals surface area contributed by atoms with Crippen LogP contribution >= 0.6 is 0 Å². The standard InChI is InChI=1S/C10H10F2N2O/c1-4-5-2-7-8(10(7,11)12)3-6(5)9(15)14-13-4/h7-8H,2-3H2,1H3,(H,14,15). The van der Waals surface area contributed by atoms with Crippen molar-refractivity contribution in [1.29, 1.82) is 0 Å². The molecule has 0 spiro atoms. The van der Waals surface area contributed by atoms with E-state index >= 15 is 0 Å². The summed E-state index contributed by atoms with van der Waals surface area (Å²) in [6, 6.07) is 0. The molecule has 80 valence electrons. The smallest absolute Gasteiger partial charge is 0.267 e. The summed E-state index contributed by atoms with van der Waals surface area (Å²) in [5.41, 5.74) is 1.61. The van der Waals surface area contributed by atoms with Gasteiger partial charge in [0.05, 0.1) is 5.69 Å². The van der Waals surface area contributed by atoms with Gasteiger partial charge in [-0.2, -0.15) is 5.10 Å². The second-order valence-electron chi connectivity index (χ2n) is 4.39. The molecule has 0 aliphatic heterocycles. The van der Waals surface area contributed by atoms with Crippen LogP contribution in [0.1, 0.15) is 16.8 Å². The molecule has 1 aromatic rings. The molecule has 0 radical (unpaired) electrons. The van der Waals surface area contributed by atoms with E-state index in [4.69, 9.17) is 0 Å². The number of nitrogens with zero attached hydrogens (tertiary/aromatic N) is 1. The van der Waals surface area contributed by atoms with E-state index in [1.165, 1.54) is 0 Å². The minimum atomic E-state index is -2.57. The number of aryl methyl sites for hydroxylation is 1. The SMILES string of the molecule is Cc1n[nH]c(=O)c2c1CC1C(C2)C1(F)F. The summed E-state index contributed by atoms with van der Waals surface area (Å²) in [5.74, 6) is -3.75. The summed E-state index contributed by atoms with van der Waals surface area (Å²) in [7, 11) is 0. The second-order valence-corrected chi connectivity index (χ2v) is 4.39. The van der Waals surface area contributed by atoms with Gasteiger partial charge in [0, 0.05) is 17.4 Å². The van der Waals surface area contributed by atoms with Crippen molar-refractivity contribution in [3.05, 3.63) is 27.2 Å². The maximum Gasteiger partial charge on any atom is 0.267 e. The van der Waals surface area contributed by atoms with E-state index in [1.54, 1.807) is 6.92 Å². The van der Waals surface area contributed by atoms with Gasteiger partial charge in [0.15, 0.2) is 0 Å². The normalized spacial score (nSPS) is 30.6. The Morgan fingerprint density at radius 1 is 1.33 bits per heavy atom. The lowest BCUT2D eigenvalue weighted by Crippen LogP contribution is -2.22. The van der Waals surface area contributed by atoms with E-state index in [9.17, 15) is 13.6 Å². The molecule has 0 aromatic carbocycles. The molecule has 2 unspecified atom stereocenters. The molecule has 1 saturated carbocycles. The number of alkyl halides is 2. The number of H-pyrrole nitrogens is 1. The van der Waals surface area contributed by atoms with Crippen LogP contribution < -0.4 is 5.56 Å². The summed E-state index contributed by atoms with van der Waals surface area (Å²) in [5, 5.41) is 6.15. The Labute approximate surface area is 84.5 Å². The fraction of sp³-hybridized carbons (Fsp3) is 0.600. The number of hydrogen-bond donors (Lipinski definition) is 1. The summed E-state index contributed by atoms with van der Waals surface area (Å²) < 4.78 is 26.4. The van der Waals surface area contributed by atoms with Gasteiger partial charge in [-0.15, -0.1) is 0 Å². The van der Waals surface area contributed by atoms with Crippen LogP contribution in [0.4, 0.5) is 8.78 Å². The molecule has 0 amide bonds. The Hall–Kier alpha value is -1.26. The van der Waals surface area contributed by atoms with Crippen molar-refractivity contribution < 1.29 is 8.78 Å². The lowest BCUT2D eigenvalue weighted by Gasteiger charge is -2.13. The van der Waals surface area contributed by atoms with Crippen LogP contribution in [0.15, 0.2) is 4.79 Å². The van der Waals surface area contributed by atoms with Gasteiger partial charge in [-0.1, -0.05) is 0 Å². The van der Waals surface area contributed by atoms with Crippen LogP contribution in [-0.2, 0) is 12.8 Å². The number of aromatic amines is 1. The van der Waals surface area contributed by atoms with E-state index in [2.05, 4.69) is 10.2 Å². The third-order valence-corrected chi connectivity index (χ3v) is 3.61. The fourth-order valence-corrected chi connectivity index (χ4v) is 2.57. The topological polar surface area (TPSA) is 45.8 Å². The third-order valence-electron chi connectivity index (χ3n) is 3.61. The van der Waals surface area contributed by atoms with Crippen molar-refractivity contribution in [3.8, 4) is 0 Å². The minimum Gasteiger partial charge on any atom is -0.268 e. The molecule has 2 aliphatic carbocycles. The molecule has 1 heterocycles. The predicted molar refractivity (Wildman–Crippen MR) is 48.9 cm³/mol. The van der Waals surface area contributed by atoms with Crippen LogP contribution in [-0.4, -0.2) is 16.1 Å². The molecule has 2 atom stereocenters. The highest BCUT2D eigenvalue weighted by Crippen LogP contribution is 2.60. The van der Waals surface area contributed by atoms with Gasteiger partial charge in [0.25, 0.3) is 11.5 Å². The average Bonchev–Trinajstić information content (AvgIpc) is 2.74. The van der Waals surface area contributed by atoms with Crippen LogP contribution in [0.25, 0.3) is 0 Å². The van der Waals surface area contributed by atoms with Gasteiger partial charge in [0.1, 0.15) is 0 Å². The number of halogens is 2. The largest absolute Gasteiger partial charge is 0.268 e. The molecule has 1 N–H and O–H groups in total. The van der Waals surface area contributed by atoms with Crippen molar-refractivity contribution in [2.24, 2.45) is 11.8 Å². The maximum atomic E-state index is 13.2. The Bertz CT molecular complexity index is 495. The third kappa shape index (κ3) is 1.03. The van der Waals surface area contributed by atoms with Crippen molar-refractivity contribution in [2.75, 3.05) is 0 Å². The highest BCUT2D eigenvalue weighted by Gasteiger charge is 2.69. The van der Waals surface area contributed by atoms with Crippen LogP contribution in [0.2, 0.25) is 0 Å². The first-order valence-electron chi connectivity index (χ1n) is 4.96. The molecule has 2 aliphatic rings. The average molecular weight is 212 g/mol. The lowest BCUT2D eigenvalue weighted by molar-refractivity contribution is 0.0854. The van der Waals surface area contributed by atoms with Crippen LogP contribution in [0.5, 0.6) is 0 Å². The first-order valence-corrected chi connectivity index (χ1v) is 4.96. The van der Waals surface area contributed by atoms with Crippen LogP contribution in [0.3, 0.4) is 0 Å². The first kappa shape index (κ1) is 9.00. The zero-order valence-electron chi connectivity index (χ0n) is 8.18. The van der Waals surface area contributed by atoms with Gasteiger partial charge in [-0.3, -0.25) is 4.79 Å². The lowest BCUT2D eigenvalue weighted by atomic mass is 9.92. The van der Waals surface area contributed by atoms with Gasteiger partial charge in [-0.05, 0) is 25.3 Å². The Balaban J connectivity index is 2.12. The quantitative estimate of drug-likeness (QED) is 0.698. The maximum absolute atomic E-state index is 13.2. The summed E-state index contributed by atoms with van der Waals surface area (Å²) in [6.45, 7) is 1.75. The van der Waals surface area contributed by atoms with Gasteiger partial charge >= 0.3 is 0 Å². The van der Waals surface area contributed by atoms with Gasteiger partial charge in [0.2, 0.25) is 0 Å². The molecule has 1 aromatic heterocycles. The van der Waals surface area contributed by atoms with E-state index in [0.717, 1.165) is 5.56 Å². The van der Waals surface area contributed by atoms with Crippen molar-refractivity contribution in [2.45, 2.75) is 25.7 Å². The first-order chi connectivity index (χ1) is 7.01. The van der Waals surface area contributed by atoms with Crippen LogP contribution in [0, 0.1) is 18.8 Å². The van der Waals surface area contributed by atoms with Gasteiger partial charge < -0.3 is 0 Å². The van der Waals surface area contributed by atoms with Gasteiger partial charge in [-0.25, -0.2) is 13.9 Å². The number of hydrogen-bond acceptors (Lipinski definition) is 2. The van der Waals surface area contributed by atoms with Crippen molar-refractivity contribution in [3.63, 3.8) is 0 Å². The fourth-order valence-electron chi connectivity index (χ4n) is 2.57. The summed E-state index contributed by atoms with van der Waals surface area (Å²) in [6.07, 6.45) is 0.501. The zero-order chi connectivity index (χ0) is 10.8. The highest BCUT2D eigenvalue weighted by atomic mass is 19.3. The molecule has 0 saturated heterocycles. The van der Waals surface area contributed by atoms with E-state index < -0.39 is 17.8 Å². The molecule has 0 bridgehead atoms. The monoisotopic (exact) mass is 212 g/mol. The van der Waals surface area contributed by atoms with Crippen molar-refractivity contribution >= 4 is 0 Å². The molecule has 5 heteroatoms. The number of fused-ring (bicyclic) bond motifs is 2. The molecule has 1 fully saturated rings. The van der Waals surface area contributed by atoms with E-state index in [0.29, 0.717) is 17.7 Å². The number of rotatable bonds is 0. The zero-order valence-corrected chi connectivity index (χ0v) is 8.18. The molecule has 3 rings (SSSR count). The Morgan fingerprint density at radius 2 is 1.93 bits per heavy atom. The summed E-state index contributed by atoms with van der Waals surface area (Å²) >= 11 is 0. The Morgan fingerprint density at radius 3 is 2.60 bits per heavy atom. The number of nitrogens with one attached hydrogen (secondary N) is 1. The minimum absolute atomic E-state index is 0.200. The molecular formula is C10H10F2N2O. The van der Waals surface area contributed by atoms with Crippen molar-refractivity contribution in [1.82, 2.24) is 10.2 Å². The van der Waals surface area contributed by atoms with E-state index in [1.807, 2.05) is 0 Å². The highest BCUT2D eigenvalue weighted by molar-refractivity contribution is 5.35.